The van der Waals surface area contributed by atoms with Crippen LogP contribution in [0.15, 0.2) is 5.38 Å². The van der Waals surface area contributed by atoms with Gasteiger partial charge in [-0.1, -0.05) is 0 Å². The summed E-state index contributed by atoms with van der Waals surface area (Å²) in [6, 6.07) is 0. The van der Waals surface area contributed by atoms with E-state index in [0.29, 0.717) is 10.7 Å². The van der Waals surface area contributed by atoms with Crippen molar-refractivity contribution in [1.29, 1.82) is 0 Å². The van der Waals surface area contributed by atoms with Crippen LogP contribution in [0.3, 0.4) is 0 Å². The zero-order chi connectivity index (χ0) is 9.84. The first kappa shape index (κ1) is 10.9. The molecule has 0 spiro atoms. The van der Waals surface area contributed by atoms with Crippen molar-refractivity contribution in [3.05, 3.63) is 16.1 Å². The van der Waals surface area contributed by atoms with Crippen LogP contribution in [0.25, 0.3) is 0 Å². The van der Waals surface area contributed by atoms with Gasteiger partial charge >= 0.3 is 0 Å². The lowest BCUT2D eigenvalue weighted by Gasteiger charge is -2.11. The number of aliphatic hydroxyl groups is 3. The van der Waals surface area contributed by atoms with Crippen LogP contribution in [0.4, 0.5) is 0 Å². The maximum absolute atomic E-state index is 9.43. The molecule has 1 heterocycles. The lowest BCUT2D eigenvalue weighted by molar-refractivity contribution is 0.0324. The Hall–Kier alpha value is -0.200. The summed E-state index contributed by atoms with van der Waals surface area (Å²) in [5.41, 5.74) is 0.487. The maximum atomic E-state index is 9.43. The number of alkyl halides is 1. The van der Waals surface area contributed by atoms with Crippen LogP contribution in [0, 0.1) is 0 Å². The van der Waals surface area contributed by atoms with Crippen molar-refractivity contribution < 1.29 is 15.3 Å². The van der Waals surface area contributed by atoms with E-state index >= 15 is 0 Å². The summed E-state index contributed by atoms with van der Waals surface area (Å²) in [5, 5.41) is 29.3. The molecule has 0 fully saturated rings. The molecule has 74 valence electrons. The van der Waals surface area contributed by atoms with Gasteiger partial charge in [0.05, 0.1) is 24.3 Å². The number of rotatable bonds is 4. The molecule has 0 radical (unpaired) electrons. The SMILES string of the molecule is OCc1csc(C(O)C(O)CCl)n1. The highest BCUT2D eigenvalue weighted by Gasteiger charge is 2.20. The smallest absolute Gasteiger partial charge is 0.132 e. The molecule has 2 atom stereocenters. The van der Waals surface area contributed by atoms with Crippen LogP contribution in [-0.2, 0) is 6.61 Å². The molecular formula is C7H10ClNO3S. The molecule has 0 saturated heterocycles. The van der Waals surface area contributed by atoms with E-state index < -0.39 is 12.2 Å². The Morgan fingerprint density at radius 3 is 2.69 bits per heavy atom. The predicted molar refractivity (Wildman–Crippen MR) is 49.7 cm³/mol. The van der Waals surface area contributed by atoms with E-state index in [9.17, 15) is 10.2 Å². The minimum absolute atomic E-state index is 0.0464. The molecule has 1 aromatic heterocycles. The zero-order valence-corrected chi connectivity index (χ0v) is 8.29. The van der Waals surface area contributed by atoms with Gasteiger partial charge in [-0.05, 0) is 0 Å². The van der Waals surface area contributed by atoms with Gasteiger partial charge in [0.2, 0.25) is 0 Å². The van der Waals surface area contributed by atoms with Crippen molar-refractivity contribution in [3.8, 4) is 0 Å². The molecule has 1 rings (SSSR count). The van der Waals surface area contributed by atoms with E-state index in [4.69, 9.17) is 16.7 Å². The van der Waals surface area contributed by atoms with E-state index in [1.54, 1.807) is 5.38 Å². The van der Waals surface area contributed by atoms with Gasteiger partial charge in [0.1, 0.15) is 11.1 Å². The molecule has 0 aliphatic rings. The Balaban J connectivity index is 2.70. The van der Waals surface area contributed by atoms with Crippen molar-refractivity contribution in [3.63, 3.8) is 0 Å². The van der Waals surface area contributed by atoms with Gasteiger partial charge in [-0.2, -0.15) is 0 Å². The number of hydrogen-bond acceptors (Lipinski definition) is 5. The lowest BCUT2D eigenvalue weighted by Crippen LogP contribution is -2.19. The molecule has 4 nitrogen and oxygen atoms in total. The number of hydrogen-bond donors (Lipinski definition) is 3. The van der Waals surface area contributed by atoms with Crippen LogP contribution < -0.4 is 0 Å². The molecule has 0 amide bonds. The van der Waals surface area contributed by atoms with Gasteiger partial charge in [-0.25, -0.2) is 4.98 Å². The molecule has 13 heavy (non-hydrogen) atoms. The van der Waals surface area contributed by atoms with Gasteiger partial charge < -0.3 is 15.3 Å². The van der Waals surface area contributed by atoms with Crippen molar-refractivity contribution in [2.45, 2.75) is 18.8 Å². The Bertz CT molecular complexity index is 268. The summed E-state index contributed by atoms with van der Waals surface area (Å²) in [7, 11) is 0. The summed E-state index contributed by atoms with van der Waals surface area (Å²) in [6.45, 7) is -0.166. The average molecular weight is 224 g/mol. The monoisotopic (exact) mass is 223 g/mol. The van der Waals surface area contributed by atoms with Gasteiger partial charge in [0.15, 0.2) is 0 Å². The first-order valence-corrected chi connectivity index (χ1v) is 5.07. The average Bonchev–Trinajstić information content (AvgIpc) is 2.63. The van der Waals surface area contributed by atoms with E-state index in [-0.39, 0.29) is 12.5 Å². The standard InChI is InChI=1S/C7H10ClNO3S/c8-1-5(11)6(12)7-9-4(2-10)3-13-7/h3,5-6,10-12H,1-2H2. The van der Waals surface area contributed by atoms with E-state index in [0.717, 1.165) is 0 Å². The molecule has 6 heteroatoms. The fraction of sp³-hybridized carbons (Fsp3) is 0.571. The van der Waals surface area contributed by atoms with Crippen LogP contribution in [-0.4, -0.2) is 32.3 Å². The topological polar surface area (TPSA) is 73.6 Å². The molecule has 0 bridgehead atoms. The number of nitrogens with zero attached hydrogens (tertiary/aromatic N) is 1. The third-order valence-corrected chi connectivity index (χ3v) is 2.79. The first-order chi connectivity index (χ1) is 6.19. The van der Waals surface area contributed by atoms with Crippen LogP contribution in [0.2, 0.25) is 0 Å². The molecule has 0 aliphatic carbocycles. The Morgan fingerprint density at radius 2 is 2.23 bits per heavy atom. The minimum atomic E-state index is -1.07. The third kappa shape index (κ3) is 2.62. The second-order valence-corrected chi connectivity index (χ2v) is 3.70. The van der Waals surface area contributed by atoms with E-state index in [2.05, 4.69) is 4.98 Å². The van der Waals surface area contributed by atoms with Crippen molar-refractivity contribution in [2.75, 3.05) is 5.88 Å². The minimum Gasteiger partial charge on any atom is -0.390 e. The lowest BCUT2D eigenvalue weighted by atomic mass is 10.2. The number of thiazole rings is 1. The van der Waals surface area contributed by atoms with Crippen molar-refractivity contribution >= 4 is 22.9 Å². The maximum Gasteiger partial charge on any atom is 0.132 e. The highest BCUT2D eigenvalue weighted by Crippen LogP contribution is 2.21. The van der Waals surface area contributed by atoms with Gasteiger partial charge in [-0.3, -0.25) is 0 Å². The summed E-state index contributed by atoms with van der Waals surface area (Å²) in [6.07, 6.45) is -2.08. The number of aromatic nitrogens is 1. The van der Waals surface area contributed by atoms with Crippen LogP contribution in [0.5, 0.6) is 0 Å². The van der Waals surface area contributed by atoms with Gasteiger partial charge in [0.25, 0.3) is 0 Å². The molecule has 3 N–H and O–H groups in total. The summed E-state index contributed by atoms with van der Waals surface area (Å²) in [4.78, 5) is 3.90. The van der Waals surface area contributed by atoms with Crippen molar-refractivity contribution in [1.82, 2.24) is 4.98 Å². The van der Waals surface area contributed by atoms with Crippen LogP contribution in [0.1, 0.15) is 16.8 Å². The second kappa shape index (κ2) is 4.88. The summed E-state index contributed by atoms with van der Waals surface area (Å²) < 4.78 is 0. The molecule has 2 unspecified atom stereocenters. The van der Waals surface area contributed by atoms with Gasteiger partial charge in [0, 0.05) is 5.38 Å². The Morgan fingerprint density at radius 1 is 1.54 bits per heavy atom. The zero-order valence-electron chi connectivity index (χ0n) is 6.72. The van der Waals surface area contributed by atoms with E-state index in [1.807, 2.05) is 0 Å². The Kier molecular flexibility index (Phi) is 4.08. The first-order valence-electron chi connectivity index (χ1n) is 3.66. The molecule has 1 aromatic rings. The number of aliphatic hydroxyl groups excluding tert-OH is 3. The number of halogens is 1. The highest BCUT2D eigenvalue weighted by atomic mass is 35.5. The largest absolute Gasteiger partial charge is 0.390 e. The fourth-order valence-corrected chi connectivity index (χ4v) is 1.80. The highest BCUT2D eigenvalue weighted by molar-refractivity contribution is 7.09. The molecular weight excluding hydrogens is 214 g/mol. The van der Waals surface area contributed by atoms with Crippen molar-refractivity contribution in [2.24, 2.45) is 0 Å². The third-order valence-electron chi connectivity index (χ3n) is 1.51. The molecule has 0 aliphatic heterocycles. The normalized spacial score (nSPS) is 15.7. The predicted octanol–water partition coefficient (Wildman–Crippen LogP) is 0.269. The molecule has 0 saturated carbocycles. The van der Waals surface area contributed by atoms with Crippen LogP contribution >= 0.6 is 22.9 Å². The summed E-state index contributed by atoms with van der Waals surface area (Å²) in [5.74, 6) is -0.0464. The fourth-order valence-electron chi connectivity index (χ4n) is 0.780. The summed E-state index contributed by atoms with van der Waals surface area (Å²) >= 11 is 6.54. The Labute approximate surface area is 84.4 Å². The molecule has 0 aromatic carbocycles. The van der Waals surface area contributed by atoms with E-state index in [1.165, 1.54) is 11.3 Å². The second-order valence-electron chi connectivity index (χ2n) is 2.50. The van der Waals surface area contributed by atoms with Gasteiger partial charge in [-0.15, -0.1) is 22.9 Å². The quantitative estimate of drug-likeness (QED) is 0.641.